The Morgan fingerprint density at radius 2 is 2.00 bits per heavy atom. The number of hydrogen-bond acceptors (Lipinski definition) is 4. The maximum atomic E-state index is 11.7. The van der Waals surface area contributed by atoms with Crippen LogP contribution in [-0.4, -0.2) is 30.3 Å². The molecule has 0 spiro atoms. The standard InChI is InChI=1S/C15H23NO4/c1-10(17)11-6-7-12(13(8-11)19-5)20-9-14(18)16-15(2,3)4/h6-8,10,17H,9H2,1-5H3,(H,16,18)/t10-/m1/s1. The van der Waals surface area contributed by atoms with Crippen LogP contribution in [0.3, 0.4) is 0 Å². The minimum atomic E-state index is -0.581. The zero-order chi connectivity index (χ0) is 15.3. The summed E-state index contributed by atoms with van der Waals surface area (Å²) in [7, 11) is 1.52. The fourth-order valence-electron chi connectivity index (χ4n) is 1.66. The lowest BCUT2D eigenvalue weighted by atomic mass is 10.1. The first-order valence-electron chi connectivity index (χ1n) is 6.53. The lowest BCUT2D eigenvalue weighted by Gasteiger charge is -2.20. The highest BCUT2D eigenvalue weighted by atomic mass is 16.5. The average molecular weight is 281 g/mol. The molecular formula is C15H23NO4. The van der Waals surface area contributed by atoms with Crippen LogP contribution in [0.15, 0.2) is 18.2 Å². The predicted octanol–water partition coefficient (Wildman–Crippen LogP) is 2.04. The van der Waals surface area contributed by atoms with Gasteiger partial charge in [0.25, 0.3) is 5.91 Å². The number of nitrogens with one attached hydrogen (secondary N) is 1. The van der Waals surface area contributed by atoms with Crippen molar-refractivity contribution in [2.45, 2.75) is 39.3 Å². The number of carbonyl (C=O) groups is 1. The Balaban J connectivity index is 2.71. The van der Waals surface area contributed by atoms with E-state index in [9.17, 15) is 9.90 Å². The van der Waals surface area contributed by atoms with Gasteiger partial charge in [-0.1, -0.05) is 6.07 Å². The molecule has 1 aromatic carbocycles. The molecule has 5 nitrogen and oxygen atoms in total. The van der Waals surface area contributed by atoms with E-state index in [0.29, 0.717) is 11.5 Å². The van der Waals surface area contributed by atoms with Crippen molar-refractivity contribution in [1.82, 2.24) is 5.32 Å². The van der Waals surface area contributed by atoms with Crippen molar-refractivity contribution < 1.29 is 19.4 Å². The molecule has 1 rings (SSSR count). The molecule has 0 aliphatic carbocycles. The van der Waals surface area contributed by atoms with Crippen molar-refractivity contribution in [3.63, 3.8) is 0 Å². The number of hydrogen-bond donors (Lipinski definition) is 2. The highest BCUT2D eigenvalue weighted by Gasteiger charge is 2.15. The molecular weight excluding hydrogens is 258 g/mol. The van der Waals surface area contributed by atoms with Gasteiger partial charge < -0.3 is 19.9 Å². The quantitative estimate of drug-likeness (QED) is 0.866. The second-order valence-corrected chi connectivity index (χ2v) is 5.67. The summed E-state index contributed by atoms with van der Waals surface area (Å²) in [4.78, 5) is 11.7. The largest absolute Gasteiger partial charge is 0.493 e. The summed E-state index contributed by atoms with van der Waals surface area (Å²) in [6, 6.07) is 5.12. The van der Waals surface area contributed by atoms with Crippen LogP contribution < -0.4 is 14.8 Å². The van der Waals surface area contributed by atoms with E-state index >= 15 is 0 Å². The first-order valence-corrected chi connectivity index (χ1v) is 6.53. The van der Waals surface area contributed by atoms with Gasteiger partial charge in [-0.05, 0) is 45.4 Å². The molecule has 5 heteroatoms. The molecule has 1 amide bonds. The van der Waals surface area contributed by atoms with Gasteiger partial charge in [0.05, 0.1) is 13.2 Å². The zero-order valence-corrected chi connectivity index (χ0v) is 12.7. The van der Waals surface area contributed by atoms with Crippen molar-refractivity contribution in [1.29, 1.82) is 0 Å². The Bertz CT molecular complexity index is 463. The van der Waals surface area contributed by atoms with Crippen molar-refractivity contribution in [2.75, 3.05) is 13.7 Å². The van der Waals surface area contributed by atoms with E-state index in [0.717, 1.165) is 5.56 Å². The Morgan fingerprint density at radius 3 is 2.50 bits per heavy atom. The highest BCUT2D eigenvalue weighted by molar-refractivity contribution is 5.78. The molecule has 0 bridgehead atoms. The Labute approximate surface area is 119 Å². The number of aliphatic hydroxyl groups is 1. The number of ether oxygens (including phenoxy) is 2. The van der Waals surface area contributed by atoms with E-state index in [4.69, 9.17) is 9.47 Å². The number of methoxy groups -OCH3 is 1. The number of aliphatic hydroxyl groups excluding tert-OH is 1. The molecule has 112 valence electrons. The summed E-state index contributed by atoms with van der Waals surface area (Å²) < 4.78 is 10.7. The van der Waals surface area contributed by atoms with Gasteiger partial charge in [0.15, 0.2) is 18.1 Å². The Kier molecular flexibility index (Phi) is 5.39. The summed E-state index contributed by atoms with van der Waals surface area (Å²) in [6.07, 6.45) is -0.581. The van der Waals surface area contributed by atoms with Gasteiger partial charge in [0, 0.05) is 5.54 Å². The van der Waals surface area contributed by atoms with Crippen LogP contribution in [0.4, 0.5) is 0 Å². The molecule has 0 aliphatic heterocycles. The van der Waals surface area contributed by atoms with E-state index in [2.05, 4.69) is 5.32 Å². The third kappa shape index (κ3) is 5.09. The van der Waals surface area contributed by atoms with Crippen molar-refractivity contribution >= 4 is 5.91 Å². The fourth-order valence-corrected chi connectivity index (χ4v) is 1.66. The second kappa shape index (κ2) is 6.61. The van der Waals surface area contributed by atoms with Gasteiger partial charge in [-0.2, -0.15) is 0 Å². The van der Waals surface area contributed by atoms with Gasteiger partial charge in [0.2, 0.25) is 0 Å². The van der Waals surface area contributed by atoms with Crippen molar-refractivity contribution in [3.8, 4) is 11.5 Å². The number of carbonyl (C=O) groups excluding carboxylic acids is 1. The van der Waals surface area contributed by atoms with Gasteiger partial charge in [-0.3, -0.25) is 4.79 Å². The van der Waals surface area contributed by atoms with Crippen LogP contribution in [-0.2, 0) is 4.79 Å². The van der Waals surface area contributed by atoms with Gasteiger partial charge >= 0.3 is 0 Å². The maximum absolute atomic E-state index is 11.7. The minimum absolute atomic E-state index is 0.0817. The molecule has 0 aromatic heterocycles. The van der Waals surface area contributed by atoms with Crippen LogP contribution in [0, 0.1) is 0 Å². The first-order chi connectivity index (χ1) is 9.23. The number of rotatable bonds is 5. The lowest BCUT2D eigenvalue weighted by Crippen LogP contribution is -2.43. The summed E-state index contributed by atoms with van der Waals surface area (Å²) in [5.41, 5.74) is 0.439. The fraction of sp³-hybridized carbons (Fsp3) is 0.533. The van der Waals surface area contributed by atoms with Crippen molar-refractivity contribution in [3.05, 3.63) is 23.8 Å². The second-order valence-electron chi connectivity index (χ2n) is 5.67. The van der Waals surface area contributed by atoms with Crippen LogP contribution in [0.5, 0.6) is 11.5 Å². The SMILES string of the molecule is COc1cc([C@@H](C)O)ccc1OCC(=O)NC(C)(C)C. The summed E-state index contributed by atoms with van der Waals surface area (Å²) in [5, 5.41) is 12.3. The monoisotopic (exact) mass is 281 g/mol. The normalized spacial score (nSPS) is 12.7. The third-order valence-electron chi connectivity index (χ3n) is 2.54. The molecule has 0 radical (unpaired) electrons. The van der Waals surface area contributed by atoms with Crippen LogP contribution >= 0.6 is 0 Å². The maximum Gasteiger partial charge on any atom is 0.258 e. The Morgan fingerprint density at radius 1 is 1.35 bits per heavy atom. The minimum Gasteiger partial charge on any atom is -0.493 e. The molecule has 0 aliphatic rings. The van der Waals surface area contributed by atoms with E-state index in [1.165, 1.54) is 7.11 Å². The number of benzene rings is 1. The molecule has 0 unspecified atom stereocenters. The molecule has 0 heterocycles. The van der Waals surface area contributed by atoms with Crippen LogP contribution in [0.2, 0.25) is 0 Å². The summed E-state index contributed by atoms with van der Waals surface area (Å²) in [6.45, 7) is 7.31. The molecule has 1 aromatic rings. The van der Waals surface area contributed by atoms with E-state index < -0.39 is 6.10 Å². The Hall–Kier alpha value is -1.75. The molecule has 0 fully saturated rings. The third-order valence-corrected chi connectivity index (χ3v) is 2.54. The first kappa shape index (κ1) is 16.3. The van der Waals surface area contributed by atoms with Gasteiger partial charge in [-0.15, -0.1) is 0 Å². The molecule has 0 saturated heterocycles. The van der Waals surface area contributed by atoms with E-state index in [-0.39, 0.29) is 18.1 Å². The molecule has 2 N–H and O–H groups in total. The predicted molar refractivity (Wildman–Crippen MR) is 77.0 cm³/mol. The average Bonchev–Trinajstić information content (AvgIpc) is 2.33. The zero-order valence-electron chi connectivity index (χ0n) is 12.7. The van der Waals surface area contributed by atoms with E-state index in [1.807, 2.05) is 20.8 Å². The van der Waals surface area contributed by atoms with Crippen LogP contribution in [0.1, 0.15) is 39.4 Å². The number of amides is 1. The van der Waals surface area contributed by atoms with E-state index in [1.54, 1.807) is 25.1 Å². The smallest absolute Gasteiger partial charge is 0.258 e. The van der Waals surface area contributed by atoms with Gasteiger partial charge in [-0.25, -0.2) is 0 Å². The lowest BCUT2D eigenvalue weighted by molar-refractivity contribution is -0.124. The topological polar surface area (TPSA) is 67.8 Å². The van der Waals surface area contributed by atoms with Crippen molar-refractivity contribution in [2.24, 2.45) is 0 Å². The molecule has 1 atom stereocenters. The highest BCUT2D eigenvalue weighted by Crippen LogP contribution is 2.30. The van der Waals surface area contributed by atoms with Gasteiger partial charge in [0.1, 0.15) is 0 Å². The molecule has 0 saturated carbocycles. The van der Waals surface area contributed by atoms with Crippen LogP contribution in [0.25, 0.3) is 0 Å². The summed E-state index contributed by atoms with van der Waals surface area (Å²) in [5.74, 6) is 0.770. The summed E-state index contributed by atoms with van der Waals surface area (Å²) >= 11 is 0. The molecule has 20 heavy (non-hydrogen) atoms.